The van der Waals surface area contributed by atoms with Gasteiger partial charge in [-0.25, -0.2) is 0 Å². The number of aromatic nitrogens is 1. The van der Waals surface area contributed by atoms with Crippen LogP contribution in [0.1, 0.15) is 4.88 Å². The Morgan fingerprint density at radius 1 is 1.82 bits per heavy atom. The SMILES string of the molecule is N#CC(CCl)Cc1cncs1. The first-order valence-electron chi connectivity index (χ1n) is 3.19. The van der Waals surface area contributed by atoms with Crippen molar-refractivity contribution in [2.45, 2.75) is 6.42 Å². The summed E-state index contributed by atoms with van der Waals surface area (Å²) in [7, 11) is 0. The highest BCUT2D eigenvalue weighted by molar-refractivity contribution is 7.09. The van der Waals surface area contributed by atoms with Crippen molar-refractivity contribution in [3.63, 3.8) is 0 Å². The van der Waals surface area contributed by atoms with E-state index in [0.29, 0.717) is 5.88 Å². The van der Waals surface area contributed by atoms with Gasteiger partial charge < -0.3 is 0 Å². The van der Waals surface area contributed by atoms with E-state index in [4.69, 9.17) is 16.9 Å². The molecule has 1 heterocycles. The molecule has 0 N–H and O–H groups in total. The van der Waals surface area contributed by atoms with Gasteiger partial charge in [-0.15, -0.1) is 22.9 Å². The molecule has 58 valence electrons. The highest BCUT2D eigenvalue weighted by Gasteiger charge is 2.07. The zero-order valence-corrected chi connectivity index (χ0v) is 7.40. The molecule has 1 aromatic heterocycles. The molecule has 2 nitrogen and oxygen atoms in total. The van der Waals surface area contributed by atoms with E-state index >= 15 is 0 Å². The van der Waals surface area contributed by atoms with E-state index in [9.17, 15) is 0 Å². The standard InChI is InChI=1S/C7H7ClN2S/c8-2-6(3-9)1-7-4-10-5-11-7/h4-6H,1-2H2. The average molecular weight is 187 g/mol. The van der Waals surface area contributed by atoms with Crippen LogP contribution in [0.5, 0.6) is 0 Å². The average Bonchev–Trinajstić information content (AvgIpc) is 2.52. The lowest BCUT2D eigenvalue weighted by Crippen LogP contribution is -2.01. The van der Waals surface area contributed by atoms with Gasteiger partial charge in [0.25, 0.3) is 0 Å². The maximum absolute atomic E-state index is 8.57. The van der Waals surface area contributed by atoms with E-state index in [-0.39, 0.29) is 5.92 Å². The molecule has 0 aromatic carbocycles. The summed E-state index contributed by atoms with van der Waals surface area (Å²) < 4.78 is 0. The molecule has 0 aliphatic carbocycles. The van der Waals surface area contributed by atoms with Crippen molar-refractivity contribution < 1.29 is 0 Å². The second-order valence-corrected chi connectivity index (χ2v) is 3.43. The third-order valence-electron chi connectivity index (χ3n) is 1.30. The van der Waals surface area contributed by atoms with Crippen molar-refractivity contribution in [1.82, 2.24) is 4.98 Å². The third kappa shape index (κ3) is 2.49. The largest absolute Gasteiger partial charge is 0.253 e. The van der Waals surface area contributed by atoms with Gasteiger partial charge in [0, 0.05) is 23.4 Å². The molecule has 0 saturated heterocycles. The van der Waals surface area contributed by atoms with Crippen LogP contribution in [0.15, 0.2) is 11.7 Å². The van der Waals surface area contributed by atoms with E-state index in [1.165, 1.54) is 0 Å². The molecule has 11 heavy (non-hydrogen) atoms. The van der Waals surface area contributed by atoms with Gasteiger partial charge in [0.05, 0.1) is 17.5 Å². The smallest absolute Gasteiger partial charge is 0.0794 e. The molecule has 0 saturated carbocycles. The van der Waals surface area contributed by atoms with Crippen LogP contribution in [0, 0.1) is 17.2 Å². The highest BCUT2D eigenvalue weighted by atomic mass is 35.5. The second-order valence-electron chi connectivity index (χ2n) is 2.15. The number of rotatable bonds is 3. The lowest BCUT2D eigenvalue weighted by Gasteiger charge is -1.99. The molecule has 0 aliphatic rings. The molecule has 0 radical (unpaired) electrons. The summed E-state index contributed by atoms with van der Waals surface area (Å²) in [4.78, 5) is 5.03. The predicted octanol–water partition coefficient (Wildman–Crippen LogP) is 2.06. The molecular formula is C7H7ClN2S. The Hall–Kier alpha value is -0.590. The van der Waals surface area contributed by atoms with Crippen molar-refractivity contribution in [3.05, 3.63) is 16.6 Å². The summed E-state index contributed by atoms with van der Waals surface area (Å²) in [5.74, 6) is 0.325. The summed E-state index contributed by atoms with van der Waals surface area (Å²) in [6, 6.07) is 2.14. The number of thiazole rings is 1. The Morgan fingerprint density at radius 3 is 3.09 bits per heavy atom. The Balaban J connectivity index is 2.49. The van der Waals surface area contributed by atoms with Crippen LogP contribution in [-0.2, 0) is 6.42 Å². The van der Waals surface area contributed by atoms with Gasteiger partial charge in [0.1, 0.15) is 0 Å². The number of alkyl halides is 1. The first-order valence-corrected chi connectivity index (χ1v) is 4.61. The normalized spacial score (nSPS) is 12.4. The van der Waals surface area contributed by atoms with E-state index in [1.807, 2.05) is 0 Å². The van der Waals surface area contributed by atoms with Crippen molar-refractivity contribution in [3.8, 4) is 6.07 Å². The van der Waals surface area contributed by atoms with E-state index in [1.54, 1.807) is 23.0 Å². The predicted molar refractivity (Wildman–Crippen MR) is 45.6 cm³/mol. The lowest BCUT2D eigenvalue weighted by atomic mass is 10.1. The van der Waals surface area contributed by atoms with Crippen molar-refractivity contribution in [1.29, 1.82) is 5.26 Å². The van der Waals surface area contributed by atoms with Crippen LogP contribution >= 0.6 is 22.9 Å². The molecule has 0 bridgehead atoms. The maximum atomic E-state index is 8.57. The van der Waals surface area contributed by atoms with Crippen molar-refractivity contribution in [2.24, 2.45) is 5.92 Å². The van der Waals surface area contributed by atoms with Gasteiger partial charge >= 0.3 is 0 Å². The topological polar surface area (TPSA) is 36.7 Å². The Kier molecular flexibility index (Phi) is 3.34. The fourth-order valence-electron chi connectivity index (χ4n) is 0.720. The Bertz CT molecular complexity index is 239. The molecule has 0 amide bonds. The zero-order chi connectivity index (χ0) is 8.10. The minimum absolute atomic E-state index is 0.0721. The first-order chi connectivity index (χ1) is 5.36. The number of halogens is 1. The zero-order valence-electron chi connectivity index (χ0n) is 5.83. The second kappa shape index (κ2) is 4.32. The van der Waals surface area contributed by atoms with Crippen LogP contribution in [0.25, 0.3) is 0 Å². The van der Waals surface area contributed by atoms with Crippen LogP contribution in [0.4, 0.5) is 0 Å². The summed E-state index contributed by atoms with van der Waals surface area (Å²) in [6.07, 6.45) is 2.51. The van der Waals surface area contributed by atoms with Gasteiger partial charge in [-0.05, 0) is 0 Å². The van der Waals surface area contributed by atoms with Crippen LogP contribution < -0.4 is 0 Å². The molecule has 1 unspecified atom stereocenters. The molecule has 1 aromatic rings. The molecular weight excluding hydrogens is 180 g/mol. The van der Waals surface area contributed by atoms with E-state index in [0.717, 1.165) is 11.3 Å². The first kappa shape index (κ1) is 8.51. The molecule has 0 spiro atoms. The van der Waals surface area contributed by atoms with Gasteiger partial charge in [0.2, 0.25) is 0 Å². The number of nitriles is 1. The minimum atomic E-state index is -0.0721. The number of hydrogen-bond donors (Lipinski definition) is 0. The van der Waals surface area contributed by atoms with Crippen LogP contribution in [0.3, 0.4) is 0 Å². The van der Waals surface area contributed by atoms with Crippen LogP contribution in [-0.4, -0.2) is 10.9 Å². The molecule has 4 heteroatoms. The molecule has 0 aliphatic heterocycles. The quantitative estimate of drug-likeness (QED) is 0.678. The number of nitrogens with zero attached hydrogens (tertiary/aromatic N) is 2. The monoisotopic (exact) mass is 186 g/mol. The summed E-state index contributed by atoms with van der Waals surface area (Å²) in [6.45, 7) is 0. The number of hydrogen-bond acceptors (Lipinski definition) is 3. The van der Waals surface area contributed by atoms with Crippen LogP contribution in [0.2, 0.25) is 0 Å². The summed E-state index contributed by atoms with van der Waals surface area (Å²) in [5, 5.41) is 8.57. The fraction of sp³-hybridized carbons (Fsp3) is 0.429. The van der Waals surface area contributed by atoms with Crippen molar-refractivity contribution in [2.75, 3.05) is 5.88 Å². The van der Waals surface area contributed by atoms with Gasteiger partial charge in [-0.1, -0.05) is 0 Å². The van der Waals surface area contributed by atoms with Gasteiger partial charge in [-0.2, -0.15) is 5.26 Å². The molecule has 1 atom stereocenters. The Labute approximate surface area is 74.4 Å². The molecule has 0 fully saturated rings. The van der Waals surface area contributed by atoms with Gasteiger partial charge in [-0.3, -0.25) is 4.98 Å². The Morgan fingerprint density at radius 2 is 2.64 bits per heavy atom. The maximum Gasteiger partial charge on any atom is 0.0794 e. The van der Waals surface area contributed by atoms with E-state index in [2.05, 4.69) is 11.1 Å². The van der Waals surface area contributed by atoms with E-state index < -0.39 is 0 Å². The van der Waals surface area contributed by atoms with Gasteiger partial charge in [0.15, 0.2) is 0 Å². The fourth-order valence-corrected chi connectivity index (χ4v) is 1.57. The molecule has 1 rings (SSSR count). The lowest BCUT2D eigenvalue weighted by molar-refractivity contribution is 0.755. The summed E-state index contributed by atoms with van der Waals surface area (Å²) >= 11 is 7.11. The minimum Gasteiger partial charge on any atom is -0.253 e. The van der Waals surface area contributed by atoms with Crippen molar-refractivity contribution >= 4 is 22.9 Å². The summed E-state index contributed by atoms with van der Waals surface area (Å²) in [5.41, 5.74) is 1.76. The highest BCUT2D eigenvalue weighted by Crippen LogP contribution is 2.12. The third-order valence-corrected chi connectivity index (χ3v) is 2.47.